The van der Waals surface area contributed by atoms with Crippen LogP contribution in [0.2, 0.25) is 0 Å². The van der Waals surface area contributed by atoms with Gasteiger partial charge in [-0.3, -0.25) is 4.79 Å². The minimum atomic E-state index is -3.86. The number of hydrogen-bond acceptors (Lipinski definition) is 9. The monoisotopic (exact) mass is 496 g/mol. The van der Waals surface area contributed by atoms with Gasteiger partial charge in [-0.1, -0.05) is 29.5 Å². The Morgan fingerprint density at radius 1 is 1.03 bits per heavy atom. The van der Waals surface area contributed by atoms with E-state index in [1.807, 2.05) is 31.2 Å². The number of carbonyl (C=O) groups excluding carboxylic acids is 1. The predicted octanol–water partition coefficient (Wildman–Crippen LogP) is 2.68. The summed E-state index contributed by atoms with van der Waals surface area (Å²) < 4.78 is 28.8. The third-order valence-corrected chi connectivity index (χ3v) is 6.97. The second-order valence-corrected chi connectivity index (χ2v) is 10.2. The van der Waals surface area contributed by atoms with E-state index < -0.39 is 15.3 Å². The lowest BCUT2D eigenvalue weighted by atomic mass is 10.2. The fraction of sp³-hybridized carbons (Fsp3) is 0.143. The Bertz CT molecular complexity index is 1380. The van der Waals surface area contributed by atoms with E-state index in [9.17, 15) is 13.2 Å². The molecule has 2 aromatic heterocycles. The van der Waals surface area contributed by atoms with E-state index in [1.165, 1.54) is 48.4 Å². The van der Waals surface area contributed by atoms with Gasteiger partial charge in [-0.05, 0) is 66.7 Å². The van der Waals surface area contributed by atoms with E-state index in [0.717, 1.165) is 11.3 Å². The van der Waals surface area contributed by atoms with E-state index >= 15 is 0 Å². The van der Waals surface area contributed by atoms with Crippen molar-refractivity contribution in [2.24, 2.45) is 0 Å². The zero-order chi connectivity index (χ0) is 24.1. The van der Waals surface area contributed by atoms with Crippen LogP contribution in [0.5, 0.6) is 0 Å². The number of tetrazole rings is 1. The number of amides is 1. The first-order valence-corrected chi connectivity index (χ1v) is 12.4. The second kappa shape index (κ2) is 9.97. The summed E-state index contributed by atoms with van der Waals surface area (Å²) in [7, 11) is -3.86. The van der Waals surface area contributed by atoms with Gasteiger partial charge in [-0.15, -0.1) is 5.10 Å². The minimum absolute atomic E-state index is 0.0117. The zero-order valence-corrected chi connectivity index (χ0v) is 19.8. The summed E-state index contributed by atoms with van der Waals surface area (Å²) in [6.07, 6.45) is 2.87. The lowest BCUT2D eigenvalue weighted by Gasteiger charge is -2.12. The lowest BCUT2D eigenvalue weighted by molar-refractivity contribution is -0.115. The van der Waals surface area contributed by atoms with Crippen molar-refractivity contribution in [3.05, 3.63) is 72.6 Å². The Morgan fingerprint density at radius 3 is 2.38 bits per heavy atom. The van der Waals surface area contributed by atoms with Crippen LogP contribution in [0.4, 0.5) is 11.6 Å². The van der Waals surface area contributed by atoms with E-state index in [-0.39, 0.29) is 16.8 Å². The predicted molar refractivity (Wildman–Crippen MR) is 127 cm³/mol. The number of thioether (sulfide) groups is 1. The second-order valence-electron chi connectivity index (χ2n) is 7.16. The number of aryl methyl sites for hydroxylation is 1. The number of nitrogens with zero attached hydrogens (tertiary/aromatic N) is 6. The Morgan fingerprint density at radius 2 is 1.71 bits per heavy atom. The number of rotatable bonds is 8. The summed E-state index contributed by atoms with van der Waals surface area (Å²) in [5, 5.41) is 14.5. The maximum absolute atomic E-state index is 12.7. The van der Waals surface area contributed by atoms with Crippen LogP contribution in [0, 0.1) is 6.92 Å². The number of anilines is 2. The van der Waals surface area contributed by atoms with Gasteiger partial charge in [0.15, 0.2) is 0 Å². The highest BCUT2D eigenvalue weighted by Gasteiger charge is 2.20. The molecule has 0 saturated carbocycles. The Hall–Kier alpha value is -3.84. The highest BCUT2D eigenvalue weighted by atomic mass is 32.2. The fourth-order valence-corrected chi connectivity index (χ4v) is 4.57. The molecule has 0 aliphatic carbocycles. The maximum Gasteiger partial charge on any atom is 0.264 e. The number of hydrogen-bond donors (Lipinski definition) is 2. The quantitative estimate of drug-likeness (QED) is 0.352. The molecule has 1 amide bonds. The first kappa shape index (κ1) is 23.3. The smallest absolute Gasteiger partial charge is 0.264 e. The molecular formula is C21H20N8O3S2. The highest BCUT2D eigenvalue weighted by molar-refractivity contribution is 8.00. The maximum atomic E-state index is 12.7. The van der Waals surface area contributed by atoms with Crippen LogP contribution in [-0.4, -0.2) is 49.8 Å². The molecule has 34 heavy (non-hydrogen) atoms. The molecule has 4 aromatic rings. The van der Waals surface area contributed by atoms with Crippen LogP contribution < -0.4 is 10.0 Å². The first-order valence-electron chi connectivity index (χ1n) is 10.0. The van der Waals surface area contributed by atoms with E-state index in [1.54, 1.807) is 17.7 Å². The fourth-order valence-electron chi connectivity index (χ4n) is 2.80. The van der Waals surface area contributed by atoms with Crippen molar-refractivity contribution in [2.75, 3.05) is 10.0 Å². The molecule has 13 heteroatoms. The van der Waals surface area contributed by atoms with Crippen LogP contribution in [0.15, 0.2) is 77.0 Å². The molecule has 11 nitrogen and oxygen atoms in total. The molecule has 0 fully saturated rings. The molecule has 2 heterocycles. The summed E-state index contributed by atoms with van der Waals surface area (Å²) in [6.45, 7) is 3.72. The van der Waals surface area contributed by atoms with Gasteiger partial charge in [0.25, 0.3) is 10.0 Å². The molecule has 174 valence electrons. The van der Waals surface area contributed by atoms with Gasteiger partial charge in [0, 0.05) is 18.1 Å². The van der Waals surface area contributed by atoms with Gasteiger partial charge in [-0.25, -0.2) is 23.1 Å². The molecule has 0 aliphatic rings. The molecule has 0 spiro atoms. The number of carbonyl (C=O) groups is 1. The SMILES string of the molecule is Cc1ccc(-n2nnnc2SC(C)C(=O)Nc2ccc(S(=O)(=O)Nc3ncccn3)cc2)cc1. The Kier molecular flexibility index (Phi) is 6.84. The standard InChI is InChI=1S/C21H20N8O3S2/c1-14-4-8-17(9-5-14)29-21(25-27-28-29)33-15(2)19(30)24-16-6-10-18(11-7-16)34(31,32)26-20-22-12-3-13-23-20/h3-13,15H,1-2H3,(H,24,30)(H,22,23,26). The van der Waals surface area contributed by atoms with Gasteiger partial charge < -0.3 is 5.32 Å². The summed E-state index contributed by atoms with van der Waals surface area (Å²) >= 11 is 1.21. The average molecular weight is 497 g/mol. The van der Waals surface area contributed by atoms with Crippen molar-refractivity contribution in [1.29, 1.82) is 0 Å². The van der Waals surface area contributed by atoms with Crippen LogP contribution in [0.25, 0.3) is 5.69 Å². The molecule has 1 unspecified atom stereocenters. The number of sulfonamides is 1. The van der Waals surface area contributed by atoms with Crippen LogP contribution in [-0.2, 0) is 14.8 Å². The summed E-state index contributed by atoms with van der Waals surface area (Å²) in [5.41, 5.74) is 2.35. The summed E-state index contributed by atoms with van der Waals surface area (Å²) in [5.74, 6) is -0.311. The topological polar surface area (TPSA) is 145 Å². The Labute approximate surface area is 200 Å². The lowest BCUT2D eigenvalue weighted by Crippen LogP contribution is -2.23. The largest absolute Gasteiger partial charge is 0.325 e. The normalized spacial score (nSPS) is 12.2. The van der Waals surface area contributed by atoms with Gasteiger partial charge >= 0.3 is 0 Å². The molecule has 4 rings (SSSR count). The Balaban J connectivity index is 1.39. The molecule has 0 aliphatic heterocycles. The summed E-state index contributed by atoms with van der Waals surface area (Å²) in [4.78, 5) is 20.4. The molecular weight excluding hydrogens is 476 g/mol. The van der Waals surface area contributed by atoms with Crippen molar-refractivity contribution >= 4 is 39.3 Å². The van der Waals surface area contributed by atoms with E-state index in [4.69, 9.17) is 0 Å². The van der Waals surface area contributed by atoms with Gasteiger partial charge in [0.1, 0.15) is 0 Å². The van der Waals surface area contributed by atoms with Gasteiger partial charge in [0.2, 0.25) is 17.0 Å². The zero-order valence-electron chi connectivity index (χ0n) is 18.2. The number of aromatic nitrogens is 6. The van der Waals surface area contributed by atoms with Gasteiger partial charge in [0.05, 0.1) is 15.8 Å². The summed E-state index contributed by atoms with van der Waals surface area (Å²) in [6, 6.07) is 15.1. The van der Waals surface area contributed by atoms with Crippen molar-refractivity contribution in [3.8, 4) is 5.69 Å². The van der Waals surface area contributed by atoms with Gasteiger partial charge in [-0.2, -0.15) is 4.68 Å². The molecule has 0 saturated heterocycles. The molecule has 0 bridgehead atoms. The van der Waals surface area contributed by atoms with Crippen molar-refractivity contribution in [3.63, 3.8) is 0 Å². The number of nitrogens with one attached hydrogen (secondary N) is 2. The third kappa shape index (κ3) is 5.55. The van der Waals surface area contributed by atoms with Crippen LogP contribution >= 0.6 is 11.8 Å². The average Bonchev–Trinajstić information content (AvgIpc) is 3.28. The van der Waals surface area contributed by atoms with Crippen LogP contribution in [0.1, 0.15) is 12.5 Å². The van der Waals surface area contributed by atoms with Crippen LogP contribution in [0.3, 0.4) is 0 Å². The first-order chi connectivity index (χ1) is 16.3. The molecule has 0 radical (unpaired) electrons. The van der Waals surface area contributed by atoms with Crippen molar-refractivity contribution < 1.29 is 13.2 Å². The number of benzene rings is 2. The van der Waals surface area contributed by atoms with E-state index in [0.29, 0.717) is 10.8 Å². The molecule has 2 N–H and O–H groups in total. The van der Waals surface area contributed by atoms with E-state index in [2.05, 4.69) is 35.5 Å². The minimum Gasteiger partial charge on any atom is -0.325 e. The third-order valence-electron chi connectivity index (χ3n) is 4.59. The highest BCUT2D eigenvalue weighted by Crippen LogP contribution is 2.24. The van der Waals surface area contributed by atoms with Crippen molar-refractivity contribution in [2.45, 2.75) is 29.1 Å². The van der Waals surface area contributed by atoms with Crippen molar-refractivity contribution in [1.82, 2.24) is 30.2 Å². The molecule has 2 aromatic carbocycles. The molecule has 1 atom stereocenters.